The van der Waals surface area contributed by atoms with Crippen LogP contribution in [0.5, 0.6) is 0 Å². The summed E-state index contributed by atoms with van der Waals surface area (Å²) < 4.78 is 0. The zero-order valence-corrected chi connectivity index (χ0v) is 11.4. The standard InChI is InChI=1S/C15H12Cl2O/c1-2-15(18)13-7-6-12(17)9-14(13)10-4-3-5-11(16)8-10/h3-9H,2H2,1H3. The second kappa shape index (κ2) is 5.55. The van der Waals surface area contributed by atoms with Gasteiger partial charge in [0, 0.05) is 22.0 Å². The van der Waals surface area contributed by atoms with Crippen molar-refractivity contribution in [3.63, 3.8) is 0 Å². The van der Waals surface area contributed by atoms with Gasteiger partial charge in [0.05, 0.1) is 0 Å². The maximum Gasteiger partial charge on any atom is 0.163 e. The second-order valence-corrected chi connectivity index (χ2v) is 4.85. The zero-order chi connectivity index (χ0) is 13.1. The summed E-state index contributed by atoms with van der Waals surface area (Å²) >= 11 is 12.0. The lowest BCUT2D eigenvalue weighted by Gasteiger charge is -2.09. The van der Waals surface area contributed by atoms with Crippen molar-refractivity contribution in [1.29, 1.82) is 0 Å². The molecule has 0 unspecified atom stereocenters. The van der Waals surface area contributed by atoms with E-state index in [1.807, 2.05) is 25.1 Å². The van der Waals surface area contributed by atoms with E-state index < -0.39 is 0 Å². The summed E-state index contributed by atoms with van der Waals surface area (Å²) in [5, 5.41) is 1.25. The first-order valence-corrected chi connectivity index (χ1v) is 6.46. The van der Waals surface area contributed by atoms with Crippen LogP contribution in [0.15, 0.2) is 42.5 Å². The first-order chi connectivity index (χ1) is 8.61. The molecule has 0 atom stereocenters. The summed E-state index contributed by atoms with van der Waals surface area (Å²) in [6, 6.07) is 12.7. The maximum atomic E-state index is 11.9. The molecule has 0 heterocycles. The van der Waals surface area contributed by atoms with Gasteiger partial charge in [0.25, 0.3) is 0 Å². The van der Waals surface area contributed by atoms with E-state index in [0.717, 1.165) is 11.1 Å². The molecule has 2 aromatic carbocycles. The number of carbonyl (C=O) groups excluding carboxylic acids is 1. The lowest BCUT2D eigenvalue weighted by Crippen LogP contribution is -1.99. The highest BCUT2D eigenvalue weighted by molar-refractivity contribution is 6.31. The van der Waals surface area contributed by atoms with E-state index in [9.17, 15) is 4.79 Å². The lowest BCUT2D eigenvalue weighted by atomic mass is 9.96. The Morgan fingerprint density at radius 1 is 1.06 bits per heavy atom. The van der Waals surface area contributed by atoms with Crippen molar-refractivity contribution < 1.29 is 4.79 Å². The second-order valence-electron chi connectivity index (χ2n) is 3.98. The van der Waals surface area contributed by atoms with Gasteiger partial charge in [-0.2, -0.15) is 0 Å². The van der Waals surface area contributed by atoms with E-state index in [0.29, 0.717) is 22.0 Å². The monoisotopic (exact) mass is 278 g/mol. The molecule has 0 aromatic heterocycles. The molecule has 0 N–H and O–H groups in total. The predicted molar refractivity (Wildman–Crippen MR) is 76.5 cm³/mol. The molecule has 0 fully saturated rings. The lowest BCUT2D eigenvalue weighted by molar-refractivity contribution is 0.0989. The number of ketones is 1. The van der Waals surface area contributed by atoms with Crippen molar-refractivity contribution >= 4 is 29.0 Å². The van der Waals surface area contributed by atoms with Crippen LogP contribution in [0.3, 0.4) is 0 Å². The molecule has 0 radical (unpaired) electrons. The van der Waals surface area contributed by atoms with E-state index in [-0.39, 0.29) is 5.78 Å². The molecule has 0 bridgehead atoms. The van der Waals surface area contributed by atoms with Gasteiger partial charge in [0.2, 0.25) is 0 Å². The number of rotatable bonds is 3. The average Bonchev–Trinajstić information content (AvgIpc) is 2.38. The van der Waals surface area contributed by atoms with Crippen LogP contribution in [-0.4, -0.2) is 5.78 Å². The van der Waals surface area contributed by atoms with Crippen molar-refractivity contribution in [2.45, 2.75) is 13.3 Å². The molecule has 1 nitrogen and oxygen atoms in total. The van der Waals surface area contributed by atoms with Gasteiger partial charge in [0.1, 0.15) is 0 Å². The third-order valence-electron chi connectivity index (χ3n) is 2.74. The normalized spacial score (nSPS) is 10.4. The first-order valence-electron chi connectivity index (χ1n) is 5.70. The minimum atomic E-state index is 0.0987. The van der Waals surface area contributed by atoms with Crippen molar-refractivity contribution in [2.24, 2.45) is 0 Å². The topological polar surface area (TPSA) is 17.1 Å². The number of carbonyl (C=O) groups is 1. The highest BCUT2D eigenvalue weighted by Crippen LogP contribution is 2.29. The van der Waals surface area contributed by atoms with Crippen molar-refractivity contribution in [2.75, 3.05) is 0 Å². The van der Waals surface area contributed by atoms with E-state index in [2.05, 4.69) is 0 Å². The Hall–Kier alpha value is -1.31. The van der Waals surface area contributed by atoms with Gasteiger partial charge < -0.3 is 0 Å². The minimum absolute atomic E-state index is 0.0987. The molecular weight excluding hydrogens is 267 g/mol. The van der Waals surface area contributed by atoms with E-state index in [1.54, 1.807) is 24.3 Å². The minimum Gasteiger partial charge on any atom is -0.294 e. The summed E-state index contributed by atoms with van der Waals surface area (Å²) in [6.45, 7) is 1.85. The van der Waals surface area contributed by atoms with Gasteiger partial charge in [-0.3, -0.25) is 4.79 Å². The highest BCUT2D eigenvalue weighted by Gasteiger charge is 2.12. The van der Waals surface area contributed by atoms with Crippen LogP contribution in [0.4, 0.5) is 0 Å². The van der Waals surface area contributed by atoms with E-state index in [4.69, 9.17) is 23.2 Å². The SMILES string of the molecule is CCC(=O)c1ccc(Cl)cc1-c1cccc(Cl)c1. The summed E-state index contributed by atoms with van der Waals surface area (Å²) in [5.74, 6) is 0.0987. The molecule has 0 spiro atoms. The molecule has 0 aliphatic rings. The highest BCUT2D eigenvalue weighted by atomic mass is 35.5. The molecule has 92 valence electrons. The number of hydrogen-bond donors (Lipinski definition) is 0. The summed E-state index contributed by atoms with van der Waals surface area (Å²) in [7, 11) is 0. The molecule has 0 saturated heterocycles. The summed E-state index contributed by atoms with van der Waals surface area (Å²) in [6.07, 6.45) is 0.467. The Bertz CT molecular complexity index is 591. The third-order valence-corrected chi connectivity index (χ3v) is 3.21. The van der Waals surface area contributed by atoms with Crippen molar-refractivity contribution in [3.8, 4) is 11.1 Å². The van der Waals surface area contributed by atoms with Crippen LogP contribution in [0.2, 0.25) is 10.0 Å². The summed E-state index contributed by atoms with van der Waals surface area (Å²) in [4.78, 5) is 11.9. The van der Waals surface area contributed by atoms with Crippen LogP contribution in [0.25, 0.3) is 11.1 Å². The van der Waals surface area contributed by atoms with E-state index in [1.165, 1.54) is 0 Å². The van der Waals surface area contributed by atoms with Gasteiger partial charge in [-0.05, 0) is 41.5 Å². The van der Waals surface area contributed by atoms with Gasteiger partial charge in [-0.25, -0.2) is 0 Å². The molecule has 2 rings (SSSR count). The van der Waals surface area contributed by atoms with Crippen molar-refractivity contribution in [1.82, 2.24) is 0 Å². The van der Waals surface area contributed by atoms with Crippen molar-refractivity contribution in [3.05, 3.63) is 58.1 Å². The third kappa shape index (κ3) is 2.74. The number of benzene rings is 2. The molecule has 0 aliphatic carbocycles. The molecule has 3 heteroatoms. The number of halogens is 2. The van der Waals surface area contributed by atoms with Gasteiger partial charge in [0.15, 0.2) is 5.78 Å². The van der Waals surface area contributed by atoms with Crippen LogP contribution < -0.4 is 0 Å². The molecule has 0 saturated carbocycles. The van der Waals surface area contributed by atoms with Gasteiger partial charge in [-0.1, -0.05) is 42.3 Å². The van der Waals surface area contributed by atoms with E-state index >= 15 is 0 Å². The number of Topliss-reactive ketones (excluding diaryl/α,β-unsaturated/α-hetero) is 1. The Kier molecular flexibility index (Phi) is 4.05. The van der Waals surface area contributed by atoms with Crippen LogP contribution in [0, 0.1) is 0 Å². The first kappa shape index (κ1) is 13.1. The fourth-order valence-electron chi connectivity index (χ4n) is 1.84. The van der Waals surface area contributed by atoms with Crippen LogP contribution in [0.1, 0.15) is 23.7 Å². The molecule has 18 heavy (non-hydrogen) atoms. The number of hydrogen-bond acceptors (Lipinski definition) is 1. The molecule has 0 aliphatic heterocycles. The summed E-state index contributed by atoms with van der Waals surface area (Å²) in [5.41, 5.74) is 2.42. The predicted octanol–water partition coefficient (Wildman–Crippen LogP) is 5.25. The smallest absolute Gasteiger partial charge is 0.163 e. The Labute approximate surface area is 116 Å². The van der Waals surface area contributed by atoms with Crippen LogP contribution >= 0.6 is 23.2 Å². The average molecular weight is 279 g/mol. The largest absolute Gasteiger partial charge is 0.294 e. The quantitative estimate of drug-likeness (QED) is 0.701. The Morgan fingerprint density at radius 3 is 2.44 bits per heavy atom. The van der Waals surface area contributed by atoms with Gasteiger partial charge >= 0.3 is 0 Å². The fourth-order valence-corrected chi connectivity index (χ4v) is 2.21. The molecular formula is C15H12Cl2O. The fraction of sp³-hybridized carbons (Fsp3) is 0.133. The zero-order valence-electron chi connectivity index (χ0n) is 9.91. The Balaban J connectivity index is 2.61. The van der Waals surface area contributed by atoms with Crippen LogP contribution in [-0.2, 0) is 0 Å². The Morgan fingerprint density at radius 2 is 1.78 bits per heavy atom. The molecule has 0 amide bonds. The maximum absolute atomic E-state index is 11.9. The molecule has 2 aromatic rings. The van der Waals surface area contributed by atoms with Gasteiger partial charge in [-0.15, -0.1) is 0 Å².